The summed E-state index contributed by atoms with van der Waals surface area (Å²) in [6.45, 7) is 3.71. The predicted octanol–water partition coefficient (Wildman–Crippen LogP) is 1.48. The monoisotopic (exact) mass is 262 g/mol. The SMILES string of the molecule is CCOCCCNC(=O)COc1ccccc1C#N. The summed E-state index contributed by atoms with van der Waals surface area (Å²) in [5, 5.41) is 11.6. The van der Waals surface area contributed by atoms with Crippen molar-refractivity contribution >= 4 is 5.91 Å². The van der Waals surface area contributed by atoms with Crippen LogP contribution in [0.25, 0.3) is 0 Å². The van der Waals surface area contributed by atoms with Crippen LogP contribution in [0.15, 0.2) is 24.3 Å². The van der Waals surface area contributed by atoms with Crippen molar-refractivity contribution in [1.82, 2.24) is 5.32 Å². The minimum atomic E-state index is -0.204. The van der Waals surface area contributed by atoms with E-state index in [1.807, 2.05) is 13.0 Å². The number of nitrogens with one attached hydrogen (secondary N) is 1. The van der Waals surface area contributed by atoms with Gasteiger partial charge in [-0.2, -0.15) is 5.26 Å². The van der Waals surface area contributed by atoms with Crippen LogP contribution >= 0.6 is 0 Å². The first-order valence-electron chi connectivity index (χ1n) is 6.24. The van der Waals surface area contributed by atoms with Gasteiger partial charge in [-0.15, -0.1) is 0 Å². The summed E-state index contributed by atoms with van der Waals surface area (Å²) in [7, 11) is 0. The highest BCUT2D eigenvalue weighted by atomic mass is 16.5. The Morgan fingerprint density at radius 3 is 2.95 bits per heavy atom. The molecule has 19 heavy (non-hydrogen) atoms. The molecule has 0 aliphatic rings. The van der Waals surface area contributed by atoms with Crippen molar-refractivity contribution < 1.29 is 14.3 Å². The molecule has 1 aromatic carbocycles. The van der Waals surface area contributed by atoms with Gasteiger partial charge < -0.3 is 14.8 Å². The molecule has 0 aliphatic heterocycles. The summed E-state index contributed by atoms with van der Waals surface area (Å²) in [5.41, 5.74) is 0.423. The Labute approximate surface area is 113 Å². The van der Waals surface area contributed by atoms with Crippen LogP contribution in [0, 0.1) is 11.3 Å². The van der Waals surface area contributed by atoms with Crippen LogP contribution in [0.3, 0.4) is 0 Å². The van der Waals surface area contributed by atoms with Crippen molar-refractivity contribution in [2.75, 3.05) is 26.4 Å². The molecule has 0 saturated carbocycles. The van der Waals surface area contributed by atoms with Crippen molar-refractivity contribution in [3.05, 3.63) is 29.8 Å². The van der Waals surface area contributed by atoms with E-state index in [1.54, 1.807) is 24.3 Å². The molecule has 0 atom stereocenters. The number of nitriles is 1. The Morgan fingerprint density at radius 1 is 1.42 bits per heavy atom. The normalized spacial score (nSPS) is 9.68. The van der Waals surface area contributed by atoms with Crippen LogP contribution in [-0.4, -0.2) is 32.3 Å². The van der Waals surface area contributed by atoms with Gasteiger partial charge in [0.05, 0.1) is 5.56 Å². The van der Waals surface area contributed by atoms with E-state index in [2.05, 4.69) is 5.32 Å². The number of carbonyl (C=O) groups excluding carboxylic acids is 1. The van der Waals surface area contributed by atoms with E-state index in [4.69, 9.17) is 14.7 Å². The molecule has 102 valence electrons. The lowest BCUT2D eigenvalue weighted by molar-refractivity contribution is -0.123. The van der Waals surface area contributed by atoms with Gasteiger partial charge in [0.25, 0.3) is 5.91 Å². The van der Waals surface area contributed by atoms with Crippen molar-refractivity contribution in [2.24, 2.45) is 0 Å². The maximum Gasteiger partial charge on any atom is 0.257 e. The first-order chi connectivity index (χ1) is 9.27. The summed E-state index contributed by atoms with van der Waals surface area (Å²) in [6, 6.07) is 8.84. The Balaban J connectivity index is 2.25. The van der Waals surface area contributed by atoms with Gasteiger partial charge in [-0.05, 0) is 25.5 Å². The zero-order valence-electron chi connectivity index (χ0n) is 11.0. The molecule has 5 nitrogen and oxygen atoms in total. The number of carbonyl (C=O) groups is 1. The number of hydrogen-bond acceptors (Lipinski definition) is 4. The highest BCUT2D eigenvalue weighted by Crippen LogP contribution is 2.15. The van der Waals surface area contributed by atoms with E-state index in [0.29, 0.717) is 31.1 Å². The number of ether oxygens (including phenoxy) is 2. The van der Waals surface area contributed by atoms with E-state index >= 15 is 0 Å². The fraction of sp³-hybridized carbons (Fsp3) is 0.429. The third-order valence-electron chi connectivity index (χ3n) is 2.36. The minimum absolute atomic E-state index is 0.0900. The van der Waals surface area contributed by atoms with E-state index in [-0.39, 0.29) is 12.5 Å². The molecular weight excluding hydrogens is 244 g/mol. The van der Waals surface area contributed by atoms with Crippen LogP contribution in [0.1, 0.15) is 18.9 Å². The maximum atomic E-state index is 11.5. The summed E-state index contributed by atoms with van der Waals surface area (Å²) in [5.74, 6) is 0.221. The Hall–Kier alpha value is -2.06. The molecule has 0 fully saturated rings. The molecule has 0 aromatic heterocycles. The number of hydrogen-bond donors (Lipinski definition) is 1. The molecule has 0 bridgehead atoms. The standard InChI is InChI=1S/C14H18N2O3/c1-2-18-9-5-8-16-14(17)11-19-13-7-4-3-6-12(13)10-15/h3-4,6-7H,2,5,8-9,11H2,1H3,(H,16,17). The van der Waals surface area contributed by atoms with Crippen molar-refractivity contribution in [3.8, 4) is 11.8 Å². The van der Waals surface area contributed by atoms with Crippen LogP contribution in [0.2, 0.25) is 0 Å². The summed E-state index contributed by atoms with van der Waals surface area (Å²) in [6.07, 6.45) is 0.772. The molecule has 1 rings (SSSR count). The third kappa shape index (κ3) is 5.89. The van der Waals surface area contributed by atoms with Gasteiger partial charge in [0, 0.05) is 19.8 Å². The smallest absolute Gasteiger partial charge is 0.257 e. The van der Waals surface area contributed by atoms with Crippen LogP contribution in [0.4, 0.5) is 0 Å². The first-order valence-corrected chi connectivity index (χ1v) is 6.24. The highest BCUT2D eigenvalue weighted by Gasteiger charge is 2.05. The molecule has 0 heterocycles. The van der Waals surface area contributed by atoms with Crippen molar-refractivity contribution in [1.29, 1.82) is 5.26 Å². The van der Waals surface area contributed by atoms with Gasteiger partial charge in [0.15, 0.2) is 6.61 Å². The summed E-state index contributed by atoms with van der Waals surface area (Å²) < 4.78 is 10.5. The van der Waals surface area contributed by atoms with Crippen molar-refractivity contribution in [3.63, 3.8) is 0 Å². The number of rotatable bonds is 8. The van der Waals surface area contributed by atoms with E-state index in [9.17, 15) is 4.79 Å². The fourth-order valence-corrected chi connectivity index (χ4v) is 1.43. The molecule has 5 heteroatoms. The molecule has 1 N–H and O–H groups in total. The molecule has 1 aromatic rings. The van der Waals surface area contributed by atoms with Crippen LogP contribution in [0.5, 0.6) is 5.75 Å². The van der Waals surface area contributed by atoms with E-state index in [1.165, 1.54) is 0 Å². The van der Waals surface area contributed by atoms with Gasteiger partial charge in [-0.25, -0.2) is 0 Å². The van der Waals surface area contributed by atoms with E-state index < -0.39 is 0 Å². The van der Waals surface area contributed by atoms with Crippen molar-refractivity contribution in [2.45, 2.75) is 13.3 Å². The van der Waals surface area contributed by atoms with Gasteiger partial charge in [0.2, 0.25) is 0 Å². The van der Waals surface area contributed by atoms with Crippen LogP contribution < -0.4 is 10.1 Å². The molecular formula is C14H18N2O3. The van der Waals surface area contributed by atoms with Gasteiger partial charge in [-0.3, -0.25) is 4.79 Å². The molecule has 0 radical (unpaired) electrons. The van der Waals surface area contributed by atoms with Gasteiger partial charge in [-0.1, -0.05) is 12.1 Å². The van der Waals surface area contributed by atoms with Gasteiger partial charge in [0.1, 0.15) is 11.8 Å². The zero-order chi connectivity index (χ0) is 13.9. The molecule has 0 unspecified atom stereocenters. The Bertz CT molecular complexity index is 441. The summed E-state index contributed by atoms with van der Waals surface area (Å²) in [4.78, 5) is 11.5. The molecule has 0 aliphatic carbocycles. The van der Waals surface area contributed by atoms with Gasteiger partial charge >= 0.3 is 0 Å². The topological polar surface area (TPSA) is 71.3 Å². The lowest BCUT2D eigenvalue weighted by Crippen LogP contribution is -2.30. The molecule has 0 spiro atoms. The quantitative estimate of drug-likeness (QED) is 0.720. The lowest BCUT2D eigenvalue weighted by atomic mass is 10.2. The number of para-hydroxylation sites is 1. The molecule has 0 saturated heterocycles. The minimum Gasteiger partial charge on any atom is -0.482 e. The fourth-order valence-electron chi connectivity index (χ4n) is 1.43. The highest BCUT2D eigenvalue weighted by molar-refractivity contribution is 5.77. The zero-order valence-corrected chi connectivity index (χ0v) is 11.0. The maximum absolute atomic E-state index is 11.5. The third-order valence-corrected chi connectivity index (χ3v) is 2.36. The van der Waals surface area contributed by atoms with Crippen LogP contribution in [-0.2, 0) is 9.53 Å². The Morgan fingerprint density at radius 2 is 2.21 bits per heavy atom. The second-order valence-electron chi connectivity index (χ2n) is 3.80. The predicted molar refractivity (Wildman–Crippen MR) is 70.8 cm³/mol. The number of nitrogens with zero attached hydrogens (tertiary/aromatic N) is 1. The summed E-state index contributed by atoms with van der Waals surface area (Å²) >= 11 is 0. The number of amides is 1. The number of benzene rings is 1. The average molecular weight is 262 g/mol. The first kappa shape index (κ1) is 15.0. The van der Waals surface area contributed by atoms with E-state index in [0.717, 1.165) is 6.42 Å². The average Bonchev–Trinajstić information content (AvgIpc) is 2.45. The second kappa shape index (κ2) is 8.95. The second-order valence-corrected chi connectivity index (χ2v) is 3.80. The lowest BCUT2D eigenvalue weighted by Gasteiger charge is -2.08. The Kier molecular flexibility index (Phi) is 7.06. The molecule has 1 amide bonds. The largest absolute Gasteiger partial charge is 0.482 e.